The number of piperidine rings is 1. The summed E-state index contributed by atoms with van der Waals surface area (Å²) in [5.41, 5.74) is 4.86. The van der Waals surface area contributed by atoms with Gasteiger partial charge < -0.3 is 19.7 Å². The van der Waals surface area contributed by atoms with Gasteiger partial charge >= 0.3 is 0 Å². The third-order valence-electron chi connectivity index (χ3n) is 6.53. The Kier molecular flexibility index (Phi) is 6.59. The van der Waals surface area contributed by atoms with Gasteiger partial charge in [-0.05, 0) is 24.0 Å². The number of ether oxygens (including phenoxy) is 2. The summed E-state index contributed by atoms with van der Waals surface area (Å²) >= 11 is 1.56. The highest BCUT2D eigenvalue weighted by molar-refractivity contribution is 7.10. The maximum absolute atomic E-state index is 12.9. The molecule has 0 spiro atoms. The van der Waals surface area contributed by atoms with E-state index in [4.69, 9.17) is 9.47 Å². The number of morpholine rings is 1. The first-order valence-electron chi connectivity index (χ1n) is 11.4. The lowest BCUT2D eigenvalue weighted by Gasteiger charge is -2.31. The fourth-order valence-electron chi connectivity index (χ4n) is 4.62. The molecule has 2 saturated heterocycles. The van der Waals surface area contributed by atoms with E-state index in [-0.39, 0.29) is 13.2 Å². The fourth-order valence-corrected chi connectivity index (χ4v) is 5.60. The third kappa shape index (κ3) is 4.89. The molecule has 4 heterocycles. The molecular weight excluding hydrogens is 438 g/mol. The third-order valence-corrected chi connectivity index (χ3v) is 7.54. The minimum atomic E-state index is -0.426. The molecular formula is C25H31N3O4S. The molecule has 1 aromatic heterocycles. The molecule has 1 N–H and O–H groups in total. The summed E-state index contributed by atoms with van der Waals surface area (Å²) in [5.74, 6) is -0.195. The first-order valence-corrected chi connectivity index (χ1v) is 12.3. The summed E-state index contributed by atoms with van der Waals surface area (Å²) in [4.78, 5) is 30.4. The molecule has 7 nitrogen and oxygen atoms in total. The van der Waals surface area contributed by atoms with Crippen LogP contribution in [-0.2, 0) is 40.6 Å². The molecule has 0 radical (unpaired) electrons. The van der Waals surface area contributed by atoms with Gasteiger partial charge in [-0.3, -0.25) is 14.5 Å². The SMILES string of the molecule is C=C1CC[C@H](N2Cc3c(csc3COCc3ccc(CN4CCOCC4)cc3)C2=O)C(=O)N1.[HH]. The highest BCUT2D eigenvalue weighted by Crippen LogP contribution is 2.34. The second kappa shape index (κ2) is 9.77. The van der Waals surface area contributed by atoms with Crippen LogP contribution in [0.5, 0.6) is 0 Å². The van der Waals surface area contributed by atoms with Crippen molar-refractivity contribution in [2.75, 3.05) is 26.3 Å². The molecule has 5 rings (SSSR count). The van der Waals surface area contributed by atoms with Crippen LogP contribution < -0.4 is 5.32 Å². The zero-order chi connectivity index (χ0) is 22.8. The van der Waals surface area contributed by atoms with Crippen molar-refractivity contribution in [3.63, 3.8) is 0 Å². The van der Waals surface area contributed by atoms with Crippen molar-refractivity contribution < 1.29 is 20.5 Å². The number of amides is 2. The molecule has 2 amide bonds. The van der Waals surface area contributed by atoms with Crippen LogP contribution in [0.3, 0.4) is 0 Å². The van der Waals surface area contributed by atoms with Gasteiger partial charge in [0, 0.05) is 49.1 Å². The van der Waals surface area contributed by atoms with Crippen molar-refractivity contribution in [2.24, 2.45) is 0 Å². The second-order valence-electron chi connectivity index (χ2n) is 8.83. The Bertz CT molecular complexity index is 1050. The monoisotopic (exact) mass is 469 g/mol. The van der Waals surface area contributed by atoms with Crippen molar-refractivity contribution in [1.82, 2.24) is 15.1 Å². The summed E-state index contributed by atoms with van der Waals surface area (Å²) in [5, 5.41) is 4.68. The van der Waals surface area contributed by atoms with Gasteiger partial charge in [-0.15, -0.1) is 11.3 Å². The Labute approximate surface area is 199 Å². The summed E-state index contributed by atoms with van der Waals surface area (Å²) in [6.45, 7) is 9.81. The summed E-state index contributed by atoms with van der Waals surface area (Å²) < 4.78 is 11.4. The summed E-state index contributed by atoms with van der Waals surface area (Å²) in [7, 11) is 0. The minimum absolute atomic E-state index is 0. The van der Waals surface area contributed by atoms with E-state index in [1.165, 1.54) is 5.56 Å². The van der Waals surface area contributed by atoms with E-state index in [0.29, 0.717) is 38.2 Å². The van der Waals surface area contributed by atoms with E-state index >= 15 is 0 Å². The minimum Gasteiger partial charge on any atom is -0.379 e. The van der Waals surface area contributed by atoms with Gasteiger partial charge in [0.05, 0.1) is 32.0 Å². The number of thiophene rings is 1. The molecule has 176 valence electrons. The van der Waals surface area contributed by atoms with Crippen LogP contribution in [0.25, 0.3) is 0 Å². The van der Waals surface area contributed by atoms with Gasteiger partial charge in [-0.2, -0.15) is 0 Å². The lowest BCUT2D eigenvalue weighted by atomic mass is 10.0. The lowest BCUT2D eigenvalue weighted by molar-refractivity contribution is -0.126. The predicted molar refractivity (Wildman–Crippen MR) is 128 cm³/mol. The lowest BCUT2D eigenvalue weighted by Crippen LogP contribution is -2.49. The first-order chi connectivity index (χ1) is 16.1. The van der Waals surface area contributed by atoms with E-state index in [0.717, 1.165) is 54.5 Å². The van der Waals surface area contributed by atoms with Crippen molar-refractivity contribution in [3.05, 3.63) is 69.1 Å². The number of allylic oxidation sites excluding steroid dienone is 1. The Morgan fingerprint density at radius 1 is 1.15 bits per heavy atom. The zero-order valence-electron chi connectivity index (χ0n) is 18.7. The largest absolute Gasteiger partial charge is 0.379 e. The van der Waals surface area contributed by atoms with Crippen molar-refractivity contribution >= 4 is 23.2 Å². The van der Waals surface area contributed by atoms with Crippen LogP contribution in [0.2, 0.25) is 0 Å². The Hall–Kier alpha value is -2.52. The topological polar surface area (TPSA) is 71.1 Å². The van der Waals surface area contributed by atoms with E-state index in [1.807, 2.05) is 5.38 Å². The normalized spacial score (nSPS) is 21.4. The van der Waals surface area contributed by atoms with Gasteiger partial charge in [0.25, 0.3) is 5.91 Å². The molecule has 3 aliphatic heterocycles. The Morgan fingerprint density at radius 2 is 1.91 bits per heavy atom. The molecule has 8 heteroatoms. The number of hydrogen-bond donors (Lipinski definition) is 1. The Morgan fingerprint density at radius 3 is 2.67 bits per heavy atom. The first kappa shape index (κ1) is 22.3. The maximum atomic E-state index is 12.9. The molecule has 33 heavy (non-hydrogen) atoms. The summed E-state index contributed by atoms with van der Waals surface area (Å²) in [6.07, 6.45) is 1.33. The number of hydrogen-bond acceptors (Lipinski definition) is 6. The van der Waals surface area contributed by atoms with Crippen LogP contribution in [0, 0.1) is 0 Å². The van der Waals surface area contributed by atoms with Gasteiger partial charge in [0.1, 0.15) is 6.04 Å². The van der Waals surface area contributed by atoms with E-state index in [2.05, 4.69) is 41.1 Å². The van der Waals surface area contributed by atoms with Crippen LogP contribution in [0.15, 0.2) is 41.9 Å². The quantitative estimate of drug-likeness (QED) is 0.674. The van der Waals surface area contributed by atoms with Gasteiger partial charge in [-0.1, -0.05) is 30.8 Å². The van der Waals surface area contributed by atoms with Crippen molar-refractivity contribution in [3.8, 4) is 0 Å². The van der Waals surface area contributed by atoms with Gasteiger partial charge in [0.15, 0.2) is 0 Å². The average Bonchev–Trinajstić information content (AvgIpc) is 3.36. The molecule has 1 aromatic carbocycles. The zero-order valence-corrected chi connectivity index (χ0v) is 19.5. The highest BCUT2D eigenvalue weighted by Gasteiger charge is 2.39. The van der Waals surface area contributed by atoms with E-state index in [9.17, 15) is 9.59 Å². The van der Waals surface area contributed by atoms with E-state index in [1.54, 1.807) is 16.2 Å². The number of carbonyl (C=O) groups is 2. The second-order valence-corrected chi connectivity index (χ2v) is 9.79. The predicted octanol–water partition coefficient (Wildman–Crippen LogP) is 3.29. The van der Waals surface area contributed by atoms with Gasteiger partial charge in [-0.25, -0.2) is 0 Å². The number of benzene rings is 1. The standard InChI is InChI=1S/C25H29N3O4S.H2/c1-17-2-7-22(24(29)26-17)28-13-20-21(25(28)30)16-33-23(20)15-32-14-19-5-3-18(4-6-19)12-27-8-10-31-11-9-27;/h3-6,16,22H,1-2,7-15H2,(H,26,29);1H/t22-;/m0./s1. The van der Waals surface area contributed by atoms with Gasteiger partial charge in [0.2, 0.25) is 5.91 Å². The highest BCUT2D eigenvalue weighted by atomic mass is 32.1. The number of rotatable bonds is 7. The molecule has 2 aromatic rings. The number of nitrogens with one attached hydrogen (secondary N) is 1. The molecule has 0 unspecified atom stereocenters. The number of carbonyl (C=O) groups excluding carboxylic acids is 2. The number of nitrogens with zero attached hydrogens (tertiary/aromatic N) is 2. The summed E-state index contributed by atoms with van der Waals surface area (Å²) in [6, 6.07) is 8.14. The molecule has 2 fully saturated rings. The average molecular weight is 470 g/mol. The fraction of sp³-hybridized carbons (Fsp3) is 0.440. The molecule has 3 aliphatic rings. The van der Waals surface area contributed by atoms with Crippen molar-refractivity contribution in [2.45, 2.75) is 45.2 Å². The molecule has 0 aliphatic carbocycles. The maximum Gasteiger partial charge on any atom is 0.256 e. The smallest absolute Gasteiger partial charge is 0.256 e. The van der Waals surface area contributed by atoms with Crippen LogP contribution in [0.1, 0.15) is 46.2 Å². The van der Waals surface area contributed by atoms with E-state index < -0.39 is 6.04 Å². The van der Waals surface area contributed by atoms with Crippen molar-refractivity contribution in [1.29, 1.82) is 0 Å². The molecule has 1 atom stereocenters. The van der Waals surface area contributed by atoms with Crippen LogP contribution >= 0.6 is 11.3 Å². The molecule has 0 saturated carbocycles. The Balaban J connectivity index is 0.00000274. The van der Waals surface area contributed by atoms with Crippen LogP contribution in [0.4, 0.5) is 0 Å². The molecule has 0 bridgehead atoms. The number of fused-ring (bicyclic) bond motifs is 1. The van der Waals surface area contributed by atoms with Crippen LogP contribution in [-0.4, -0.2) is 54.0 Å².